The Bertz CT molecular complexity index is 842. The van der Waals surface area contributed by atoms with E-state index in [9.17, 15) is 18.0 Å². The van der Waals surface area contributed by atoms with E-state index in [0.29, 0.717) is 24.1 Å². The highest BCUT2D eigenvalue weighted by Gasteiger charge is 2.38. The van der Waals surface area contributed by atoms with Gasteiger partial charge in [-0.2, -0.15) is 13.2 Å². The highest BCUT2D eigenvalue weighted by molar-refractivity contribution is 5.96. The Labute approximate surface area is 175 Å². The van der Waals surface area contributed by atoms with Crippen LogP contribution in [0, 0.1) is 0 Å². The summed E-state index contributed by atoms with van der Waals surface area (Å²) in [5.41, 5.74) is 0.439. The molecule has 0 unspecified atom stereocenters. The van der Waals surface area contributed by atoms with Crippen molar-refractivity contribution < 1.29 is 18.0 Å². The van der Waals surface area contributed by atoms with Gasteiger partial charge < -0.3 is 10.2 Å². The van der Waals surface area contributed by atoms with Gasteiger partial charge in [-0.15, -0.1) is 12.4 Å². The van der Waals surface area contributed by atoms with E-state index < -0.39 is 17.3 Å². The molecule has 0 aromatic heterocycles. The molecular formula is C22H26ClF3N2O. The van der Waals surface area contributed by atoms with Gasteiger partial charge in [0.15, 0.2) is 0 Å². The molecule has 29 heavy (non-hydrogen) atoms. The predicted molar refractivity (Wildman–Crippen MR) is 110 cm³/mol. The van der Waals surface area contributed by atoms with Gasteiger partial charge >= 0.3 is 6.18 Å². The minimum atomic E-state index is -4.42. The van der Waals surface area contributed by atoms with Crippen LogP contribution in [0.15, 0.2) is 48.5 Å². The lowest BCUT2D eigenvalue weighted by atomic mass is 9.82. The summed E-state index contributed by atoms with van der Waals surface area (Å²) in [7, 11) is 2.01. The van der Waals surface area contributed by atoms with Crippen LogP contribution in [0.1, 0.15) is 46.8 Å². The monoisotopic (exact) mass is 426 g/mol. The normalized spacial score (nSPS) is 20.0. The SMILES string of the molecule is CCc1cc(C(F)(F)F)ccc1C(=O)N[C@@]1(c2ccccc2)CCCN(C)C1.Cl. The maximum absolute atomic E-state index is 13.1. The molecule has 158 valence electrons. The number of benzene rings is 2. The zero-order valence-electron chi connectivity index (χ0n) is 16.6. The quantitative estimate of drug-likeness (QED) is 0.742. The first-order valence-corrected chi connectivity index (χ1v) is 9.52. The number of hydrogen-bond acceptors (Lipinski definition) is 2. The number of likely N-dealkylation sites (tertiary alicyclic amines) is 1. The van der Waals surface area contributed by atoms with E-state index in [-0.39, 0.29) is 18.3 Å². The molecule has 1 atom stereocenters. The van der Waals surface area contributed by atoms with E-state index in [0.717, 1.165) is 37.1 Å². The zero-order chi connectivity index (χ0) is 20.4. The predicted octanol–water partition coefficient (Wildman–Crippen LogP) is 5.04. The molecule has 3 nitrogen and oxygen atoms in total. The number of carbonyl (C=O) groups excluding carboxylic acids is 1. The summed E-state index contributed by atoms with van der Waals surface area (Å²) in [6.07, 6.45) is -2.35. The van der Waals surface area contributed by atoms with Crippen molar-refractivity contribution >= 4 is 18.3 Å². The van der Waals surface area contributed by atoms with Gasteiger partial charge in [0.25, 0.3) is 5.91 Å². The van der Waals surface area contributed by atoms with Crippen molar-refractivity contribution in [2.24, 2.45) is 0 Å². The third kappa shape index (κ3) is 5.11. The lowest BCUT2D eigenvalue weighted by molar-refractivity contribution is -0.137. The number of halogens is 4. The summed E-state index contributed by atoms with van der Waals surface area (Å²) >= 11 is 0. The van der Waals surface area contributed by atoms with Crippen molar-refractivity contribution in [2.75, 3.05) is 20.1 Å². The van der Waals surface area contributed by atoms with E-state index in [4.69, 9.17) is 0 Å². The van der Waals surface area contributed by atoms with Crippen LogP contribution in [0.4, 0.5) is 13.2 Å². The lowest BCUT2D eigenvalue weighted by Crippen LogP contribution is -2.55. The second-order valence-electron chi connectivity index (χ2n) is 7.47. The van der Waals surface area contributed by atoms with E-state index in [1.54, 1.807) is 6.92 Å². The maximum atomic E-state index is 13.1. The summed E-state index contributed by atoms with van der Waals surface area (Å²) in [5, 5.41) is 3.17. The topological polar surface area (TPSA) is 32.3 Å². The molecule has 0 aliphatic carbocycles. The van der Waals surface area contributed by atoms with Crippen LogP contribution in [0.2, 0.25) is 0 Å². The van der Waals surface area contributed by atoms with E-state index in [2.05, 4.69) is 10.2 Å². The number of nitrogens with one attached hydrogen (secondary N) is 1. The lowest BCUT2D eigenvalue weighted by Gasteiger charge is -2.42. The Balaban J connectivity index is 0.00000300. The molecule has 1 heterocycles. The van der Waals surface area contributed by atoms with Crippen LogP contribution in [-0.2, 0) is 18.1 Å². The zero-order valence-corrected chi connectivity index (χ0v) is 17.4. The van der Waals surface area contributed by atoms with Gasteiger partial charge in [0.1, 0.15) is 0 Å². The molecular weight excluding hydrogens is 401 g/mol. The van der Waals surface area contributed by atoms with Gasteiger partial charge in [0, 0.05) is 12.1 Å². The minimum absolute atomic E-state index is 0. The first-order chi connectivity index (χ1) is 13.2. The van der Waals surface area contributed by atoms with Gasteiger partial charge in [-0.25, -0.2) is 0 Å². The molecule has 1 saturated heterocycles. The Morgan fingerprint density at radius 3 is 2.45 bits per heavy atom. The molecule has 2 aromatic carbocycles. The smallest absolute Gasteiger partial charge is 0.341 e. The molecule has 7 heteroatoms. The maximum Gasteiger partial charge on any atom is 0.416 e. The molecule has 0 radical (unpaired) electrons. The van der Waals surface area contributed by atoms with Crippen LogP contribution in [0.25, 0.3) is 0 Å². The summed E-state index contributed by atoms with van der Waals surface area (Å²) < 4.78 is 39.1. The molecule has 0 saturated carbocycles. The van der Waals surface area contributed by atoms with E-state index >= 15 is 0 Å². The van der Waals surface area contributed by atoms with E-state index in [1.165, 1.54) is 6.07 Å². The molecule has 1 N–H and O–H groups in total. The van der Waals surface area contributed by atoms with Gasteiger partial charge in [0.05, 0.1) is 11.1 Å². The first kappa shape index (κ1) is 23.2. The molecule has 1 amide bonds. The number of piperidine rings is 1. The number of nitrogens with zero attached hydrogens (tertiary/aromatic N) is 1. The molecule has 0 spiro atoms. The van der Waals surface area contributed by atoms with Crippen LogP contribution in [-0.4, -0.2) is 30.9 Å². The Morgan fingerprint density at radius 1 is 1.17 bits per heavy atom. The van der Waals surface area contributed by atoms with Gasteiger partial charge in [0.2, 0.25) is 0 Å². The summed E-state index contributed by atoms with van der Waals surface area (Å²) in [6.45, 7) is 3.36. The van der Waals surface area contributed by atoms with Crippen molar-refractivity contribution in [1.82, 2.24) is 10.2 Å². The van der Waals surface area contributed by atoms with Crippen LogP contribution in [0.3, 0.4) is 0 Å². The standard InChI is InChI=1S/C22H25F3N2O.ClH/c1-3-16-14-18(22(23,24)25)10-11-19(16)20(28)26-21(12-7-13-27(2)15-21)17-8-5-4-6-9-17;/h4-6,8-11,14H,3,7,12-13,15H2,1-2H3,(H,26,28);1H/t21-;/m0./s1. The highest BCUT2D eigenvalue weighted by Crippen LogP contribution is 2.33. The van der Waals surface area contributed by atoms with Crippen molar-refractivity contribution in [1.29, 1.82) is 0 Å². The Hall–Kier alpha value is -2.05. The van der Waals surface area contributed by atoms with Gasteiger partial charge in [-0.3, -0.25) is 4.79 Å². The fourth-order valence-electron chi connectivity index (χ4n) is 4.01. The third-order valence-electron chi connectivity index (χ3n) is 5.42. The number of aryl methyl sites for hydroxylation is 1. The molecule has 1 aliphatic rings. The second-order valence-corrected chi connectivity index (χ2v) is 7.47. The highest BCUT2D eigenvalue weighted by atomic mass is 35.5. The van der Waals surface area contributed by atoms with Crippen molar-refractivity contribution in [3.05, 3.63) is 70.8 Å². The number of amides is 1. The van der Waals surface area contributed by atoms with Gasteiger partial charge in [-0.05, 0) is 62.2 Å². The molecule has 2 aromatic rings. The third-order valence-corrected chi connectivity index (χ3v) is 5.42. The van der Waals surface area contributed by atoms with Crippen LogP contribution in [0.5, 0.6) is 0 Å². The number of carbonyl (C=O) groups is 1. The minimum Gasteiger partial charge on any atom is -0.341 e. The van der Waals surface area contributed by atoms with Crippen LogP contribution >= 0.6 is 12.4 Å². The molecule has 0 bridgehead atoms. The summed E-state index contributed by atoms with van der Waals surface area (Å²) in [6, 6.07) is 13.1. The Kier molecular flexibility index (Phi) is 7.35. The molecule has 3 rings (SSSR count). The fourth-order valence-corrected chi connectivity index (χ4v) is 4.01. The second kappa shape index (κ2) is 9.18. The largest absolute Gasteiger partial charge is 0.416 e. The fraction of sp³-hybridized carbons (Fsp3) is 0.409. The molecule has 1 fully saturated rings. The first-order valence-electron chi connectivity index (χ1n) is 9.52. The van der Waals surface area contributed by atoms with Gasteiger partial charge in [-0.1, -0.05) is 37.3 Å². The average molecular weight is 427 g/mol. The van der Waals surface area contributed by atoms with Crippen LogP contribution < -0.4 is 5.32 Å². The average Bonchev–Trinajstić information content (AvgIpc) is 2.67. The summed E-state index contributed by atoms with van der Waals surface area (Å²) in [4.78, 5) is 15.3. The number of likely N-dealkylation sites (N-methyl/N-ethyl adjacent to an activating group) is 1. The van der Waals surface area contributed by atoms with E-state index in [1.807, 2.05) is 37.4 Å². The number of hydrogen-bond donors (Lipinski definition) is 1. The Morgan fingerprint density at radius 2 is 1.86 bits per heavy atom. The van der Waals surface area contributed by atoms with Crippen molar-refractivity contribution in [2.45, 2.75) is 37.9 Å². The number of rotatable bonds is 4. The summed E-state index contributed by atoms with van der Waals surface area (Å²) in [5.74, 6) is -0.329. The van der Waals surface area contributed by atoms with Crippen molar-refractivity contribution in [3.63, 3.8) is 0 Å². The number of alkyl halides is 3. The van der Waals surface area contributed by atoms with Crippen molar-refractivity contribution in [3.8, 4) is 0 Å². The molecule has 1 aliphatic heterocycles.